The lowest BCUT2D eigenvalue weighted by atomic mass is 9.76. The minimum Gasteiger partial charge on any atom is -0.507 e. The van der Waals surface area contributed by atoms with E-state index in [1.165, 1.54) is 12.1 Å². The molecule has 0 unspecified atom stereocenters. The molecule has 0 amide bonds. The molecule has 0 radical (unpaired) electrons. The molecule has 0 bridgehead atoms. The van der Waals surface area contributed by atoms with E-state index in [1.54, 1.807) is 32.0 Å². The van der Waals surface area contributed by atoms with Crippen molar-refractivity contribution < 1.29 is 29.6 Å². The van der Waals surface area contributed by atoms with Gasteiger partial charge in [0.15, 0.2) is 5.60 Å². The number of hydrogen-bond acceptors (Lipinski definition) is 5. The predicted molar refractivity (Wildman–Crippen MR) is 129 cm³/mol. The van der Waals surface area contributed by atoms with Gasteiger partial charge < -0.3 is 20.1 Å². The Morgan fingerprint density at radius 2 is 1.36 bits per heavy atom. The van der Waals surface area contributed by atoms with Crippen LogP contribution in [0.5, 0.6) is 11.5 Å². The van der Waals surface area contributed by atoms with E-state index >= 15 is 0 Å². The van der Waals surface area contributed by atoms with Gasteiger partial charge in [-0.15, -0.1) is 0 Å². The van der Waals surface area contributed by atoms with Crippen molar-refractivity contribution in [3.8, 4) is 11.5 Å². The number of ether oxygens (including phenoxy) is 1. The summed E-state index contributed by atoms with van der Waals surface area (Å²) in [6.45, 7) is 7.09. The number of rotatable bonds is 3. The number of aromatic carboxylic acids is 1. The molecule has 1 aliphatic heterocycles. The lowest BCUT2D eigenvalue weighted by Gasteiger charge is -2.34. The first-order valence-electron chi connectivity index (χ1n) is 10.0. The van der Waals surface area contributed by atoms with Gasteiger partial charge in [0, 0.05) is 14.5 Å². The second-order valence-corrected chi connectivity index (χ2v) is 9.79. The van der Waals surface area contributed by atoms with Gasteiger partial charge in [-0.1, -0.05) is 24.3 Å². The lowest BCUT2D eigenvalue weighted by molar-refractivity contribution is 0.0232. The van der Waals surface area contributed by atoms with Crippen LogP contribution in [0, 0.1) is 27.7 Å². The minimum atomic E-state index is -1.82. The summed E-state index contributed by atoms with van der Waals surface area (Å²) in [6.07, 6.45) is 0. The zero-order valence-electron chi connectivity index (χ0n) is 18.2. The Morgan fingerprint density at radius 1 is 0.879 bits per heavy atom. The Kier molecular flexibility index (Phi) is 5.57. The van der Waals surface area contributed by atoms with Crippen LogP contribution in [0.15, 0.2) is 39.3 Å². The Balaban J connectivity index is 2.31. The summed E-state index contributed by atoms with van der Waals surface area (Å²) in [7, 11) is 0. The van der Waals surface area contributed by atoms with Crippen molar-refractivity contribution in [2.24, 2.45) is 0 Å². The van der Waals surface area contributed by atoms with Crippen molar-refractivity contribution in [2.45, 2.75) is 33.3 Å². The maximum absolute atomic E-state index is 13.3. The molecule has 3 aromatic carbocycles. The van der Waals surface area contributed by atoms with E-state index in [4.69, 9.17) is 4.74 Å². The number of phenolic OH excluding ortho intramolecular Hbond substituents is 2. The molecule has 0 saturated heterocycles. The highest BCUT2D eigenvalue weighted by Crippen LogP contribution is 2.57. The Morgan fingerprint density at radius 3 is 1.82 bits per heavy atom. The van der Waals surface area contributed by atoms with Crippen molar-refractivity contribution in [1.29, 1.82) is 0 Å². The number of benzene rings is 3. The third-order valence-electron chi connectivity index (χ3n) is 6.05. The average Bonchev–Trinajstić information content (AvgIpc) is 3.04. The van der Waals surface area contributed by atoms with E-state index in [9.17, 15) is 24.9 Å². The van der Waals surface area contributed by atoms with Crippen molar-refractivity contribution in [3.63, 3.8) is 0 Å². The van der Waals surface area contributed by atoms with E-state index in [1.807, 2.05) is 13.8 Å². The molecule has 170 valence electrons. The summed E-state index contributed by atoms with van der Waals surface area (Å²) in [4.78, 5) is 25.2. The second kappa shape index (κ2) is 7.88. The zero-order valence-corrected chi connectivity index (χ0v) is 21.4. The van der Waals surface area contributed by atoms with Crippen LogP contribution in [-0.4, -0.2) is 27.3 Å². The molecule has 8 heteroatoms. The number of halogens is 2. The second-order valence-electron chi connectivity index (χ2n) is 8.20. The highest BCUT2D eigenvalue weighted by Gasteiger charge is 2.55. The van der Waals surface area contributed by atoms with E-state index in [0.717, 1.165) is 11.1 Å². The van der Waals surface area contributed by atoms with Crippen LogP contribution in [0.3, 0.4) is 0 Å². The van der Waals surface area contributed by atoms with Crippen molar-refractivity contribution >= 4 is 43.8 Å². The normalized spacial score (nSPS) is 14.2. The third-order valence-corrected chi connectivity index (χ3v) is 8.09. The first-order chi connectivity index (χ1) is 15.4. The molecule has 0 saturated carbocycles. The lowest BCUT2D eigenvalue weighted by Crippen LogP contribution is -2.31. The van der Waals surface area contributed by atoms with Gasteiger partial charge in [0.1, 0.15) is 11.5 Å². The van der Waals surface area contributed by atoms with E-state index in [0.29, 0.717) is 20.1 Å². The number of cyclic esters (lactones) is 1. The fourth-order valence-electron chi connectivity index (χ4n) is 4.54. The highest BCUT2D eigenvalue weighted by atomic mass is 79.9. The smallest absolute Gasteiger partial charge is 0.341 e. The summed E-state index contributed by atoms with van der Waals surface area (Å²) in [6, 6.07) is 7.97. The number of esters is 1. The van der Waals surface area contributed by atoms with Gasteiger partial charge >= 0.3 is 11.9 Å². The quantitative estimate of drug-likeness (QED) is 0.330. The molecule has 6 nitrogen and oxygen atoms in total. The maximum atomic E-state index is 13.3. The molecule has 0 atom stereocenters. The van der Waals surface area contributed by atoms with Crippen LogP contribution in [0.25, 0.3) is 0 Å². The maximum Gasteiger partial charge on any atom is 0.341 e. The molecular formula is C25H20Br2O6. The zero-order chi connectivity index (χ0) is 24.4. The van der Waals surface area contributed by atoms with Crippen LogP contribution >= 0.6 is 31.9 Å². The first-order valence-corrected chi connectivity index (χ1v) is 11.6. The van der Waals surface area contributed by atoms with Gasteiger partial charge in [-0.3, -0.25) is 0 Å². The van der Waals surface area contributed by atoms with Gasteiger partial charge in [0.05, 0.1) is 22.3 Å². The largest absolute Gasteiger partial charge is 0.507 e. The third kappa shape index (κ3) is 3.19. The molecule has 3 N–H and O–H groups in total. The van der Waals surface area contributed by atoms with Gasteiger partial charge in [0.2, 0.25) is 0 Å². The Hall–Kier alpha value is -2.84. The van der Waals surface area contributed by atoms with Gasteiger partial charge in [-0.25, -0.2) is 9.59 Å². The summed E-state index contributed by atoms with van der Waals surface area (Å²) >= 11 is 7.10. The van der Waals surface area contributed by atoms with Crippen molar-refractivity contribution in [3.05, 3.63) is 89.3 Å². The van der Waals surface area contributed by atoms with Crippen LogP contribution in [0.4, 0.5) is 0 Å². The van der Waals surface area contributed by atoms with E-state index < -0.39 is 17.5 Å². The summed E-state index contributed by atoms with van der Waals surface area (Å²) < 4.78 is 6.98. The van der Waals surface area contributed by atoms with Gasteiger partial charge in [-0.2, -0.15) is 0 Å². The molecule has 0 aromatic heterocycles. The molecule has 4 rings (SSSR count). The number of fused-ring (bicyclic) bond motifs is 1. The summed E-state index contributed by atoms with van der Waals surface area (Å²) in [5, 5.41) is 32.3. The van der Waals surface area contributed by atoms with Crippen LogP contribution in [0.2, 0.25) is 0 Å². The Bertz CT molecular complexity index is 1260. The molecule has 1 heterocycles. The molecule has 0 aliphatic carbocycles. The van der Waals surface area contributed by atoms with Crippen molar-refractivity contribution in [2.75, 3.05) is 0 Å². The fraction of sp³-hybridized carbons (Fsp3) is 0.200. The van der Waals surface area contributed by atoms with Crippen molar-refractivity contribution in [1.82, 2.24) is 0 Å². The minimum absolute atomic E-state index is 0.124. The SMILES string of the molecule is Cc1cc(C)c(Br)c(C2(c3c(O)c(C)cc(C)c3Br)OC(=O)c3c(C(=O)O)cccc32)c1O. The fourth-order valence-corrected chi connectivity index (χ4v) is 5.70. The number of aromatic hydroxyl groups is 2. The topological polar surface area (TPSA) is 104 Å². The standard InChI is InChI=1S/C25H20Br2O6/c1-10-8-12(3)21(28)17(19(10)26)25(18-20(27)11(2)9-13(4)22(18)29)15-7-5-6-14(23(30)31)16(15)24(32)33-25/h5-9,28-29H,1-4H3,(H,30,31). The number of phenols is 2. The number of carboxylic acids is 1. The van der Waals surface area contributed by atoms with Gasteiger partial charge in [0.25, 0.3) is 0 Å². The first kappa shape index (κ1) is 23.3. The van der Waals surface area contributed by atoms with Gasteiger partial charge in [-0.05, 0) is 87.9 Å². The number of aryl methyl sites for hydroxylation is 4. The highest BCUT2D eigenvalue weighted by molar-refractivity contribution is 9.11. The average molecular weight is 576 g/mol. The summed E-state index contributed by atoms with van der Waals surface area (Å²) in [5.41, 5.74) is 1.04. The van der Waals surface area contributed by atoms with E-state index in [2.05, 4.69) is 31.9 Å². The molecule has 3 aromatic rings. The molecular weight excluding hydrogens is 556 g/mol. The number of carbonyl (C=O) groups is 2. The number of carbonyl (C=O) groups excluding carboxylic acids is 1. The van der Waals surface area contributed by atoms with Crippen LogP contribution < -0.4 is 0 Å². The molecule has 1 aliphatic rings. The van der Waals surface area contributed by atoms with Crippen LogP contribution in [0.1, 0.15) is 59.7 Å². The predicted octanol–water partition coefficient (Wildman–Crippen LogP) is 6.02. The van der Waals surface area contributed by atoms with E-state index in [-0.39, 0.29) is 39.3 Å². The number of carboxylic acid groups (broad SMARTS) is 1. The van der Waals surface area contributed by atoms with Crippen LogP contribution in [-0.2, 0) is 10.3 Å². The molecule has 0 fully saturated rings. The monoisotopic (exact) mass is 574 g/mol. The molecule has 33 heavy (non-hydrogen) atoms. The Labute approximate surface area is 207 Å². The number of hydrogen-bond donors (Lipinski definition) is 3. The summed E-state index contributed by atoms with van der Waals surface area (Å²) in [5.74, 6) is -2.43. The molecule has 0 spiro atoms.